The van der Waals surface area contributed by atoms with E-state index in [-0.39, 0.29) is 0 Å². The van der Waals surface area contributed by atoms with Gasteiger partial charge >= 0.3 is 0 Å². The monoisotopic (exact) mass is 188 g/mol. The average Bonchev–Trinajstić information content (AvgIpc) is 2.14. The van der Waals surface area contributed by atoms with Crippen LogP contribution < -0.4 is 5.73 Å². The number of rotatable bonds is 6. The molecular formula is C10H24N2O. The highest BCUT2D eigenvalue weighted by molar-refractivity contribution is 4.74. The number of methoxy groups -OCH3 is 1. The van der Waals surface area contributed by atoms with Crippen molar-refractivity contribution in [1.29, 1.82) is 0 Å². The molecule has 0 aromatic carbocycles. The summed E-state index contributed by atoms with van der Waals surface area (Å²) in [6.07, 6.45) is 0. The van der Waals surface area contributed by atoms with Crippen LogP contribution in [0.15, 0.2) is 0 Å². The molecular weight excluding hydrogens is 164 g/mol. The maximum absolute atomic E-state index is 5.63. The molecule has 0 saturated heterocycles. The molecule has 3 atom stereocenters. The van der Waals surface area contributed by atoms with Crippen molar-refractivity contribution in [3.63, 3.8) is 0 Å². The van der Waals surface area contributed by atoms with Crippen LogP contribution in [-0.4, -0.2) is 44.3 Å². The van der Waals surface area contributed by atoms with Gasteiger partial charge in [0.2, 0.25) is 0 Å². The summed E-state index contributed by atoms with van der Waals surface area (Å²) in [6.45, 7) is 8.08. The molecule has 0 fully saturated rings. The van der Waals surface area contributed by atoms with E-state index in [9.17, 15) is 0 Å². The number of hydrogen-bond acceptors (Lipinski definition) is 3. The van der Waals surface area contributed by atoms with Crippen molar-refractivity contribution in [2.24, 2.45) is 11.7 Å². The summed E-state index contributed by atoms with van der Waals surface area (Å²) < 4.78 is 5.12. The Bertz CT molecular complexity index is 130. The van der Waals surface area contributed by atoms with E-state index in [1.54, 1.807) is 7.11 Å². The molecule has 0 amide bonds. The molecule has 2 N–H and O–H groups in total. The maximum atomic E-state index is 5.63. The third kappa shape index (κ3) is 4.07. The first kappa shape index (κ1) is 12.9. The molecule has 0 aromatic heterocycles. The summed E-state index contributed by atoms with van der Waals surface area (Å²) in [4.78, 5) is 2.32. The van der Waals surface area contributed by atoms with Gasteiger partial charge in [0.15, 0.2) is 0 Å². The minimum absolute atomic E-state index is 0.453. The van der Waals surface area contributed by atoms with Gasteiger partial charge in [0.25, 0.3) is 0 Å². The molecule has 3 heteroatoms. The summed E-state index contributed by atoms with van der Waals surface area (Å²) in [5.41, 5.74) is 5.63. The smallest absolute Gasteiger partial charge is 0.0615 e. The van der Waals surface area contributed by atoms with Gasteiger partial charge in [-0.25, -0.2) is 0 Å². The van der Waals surface area contributed by atoms with Crippen LogP contribution in [0, 0.1) is 5.92 Å². The summed E-state index contributed by atoms with van der Waals surface area (Å²) in [5.74, 6) is 0.532. The average molecular weight is 188 g/mol. The van der Waals surface area contributed by atoms with Crippen LogP contribution in [0.2, 0.25) is 0 Å². The molecule has 3 unspecified atom stereocenters. The molecule has 13 heavy (non-hydrogen) atoms. The minimum Gasteiger partial charge on any atom is -0.383 e. The lowest BCUT2D eigenvalue weighted by molar-refractivity contribution is 0.0784. The van der Waals surface area contributed by atoms with Gasteiger partial charge in [0.1, 0.15) is 0 Å². The van der Waals surface area contributed by atoms with Gasteiger partial charge in [0.05, 0.1) is 6.61 Å². The Kier molecular flexibility index (Phi) is 6.29. The van der Waals surface area contributed by atoms with E-state index in [1.807, 2.05) is 0 Å². The molecule has 0 aromatic rings. The third-order valence-electron chi connectivity index (χ3n) is 2.94. The lowest BCUT2D eigenvalue weighted by Gasteiger charge is -2.33. The molecule has 0 aliphatic heterocycles. The Labute approximate surface area is 82.2 Å². The molecule has 0 aliphatic rings. The quantitative estimate of drug-likeness (QED) is 0.674. The van der Waals surface area contributed by atoms with E-state index in [0.29, 0.717) is 18.0 Å². The summed E-state index contributed by atoms with van der Waals surface area (Å²) in [5, 5.41) is 0. The van der Waals surface area contributed by atoms with Crippen molar-refractivity contribution in [1.82, 2.24) is 4.90 Å². The molecule has 0 radical (unpaired) electrons. The topological polar surface area (TPSA) is 38.5 Å². The van der Waals surface area contributed by atoms with E-state index in [0.717, 1.165) is 13.2 Å². The SMILES string of the molecule is COCC(C)N(C)C(C)C(C)CN. The lowest BCUT2D eigenvalue weighted by Crippen LogP contribution is -2.44. The van der Waals surface area contributed by atoms with Crippen LogP contribution >= 0.6 is 0 Å². The summed E-state index contributed by atoms with van der Waals surface area (Å²) in [7, 11) is 3.86. The van der Waals surface area contributed by atoms with E-state index >= 15 is 0 Å². The van der Waals surface area contributed by atoms with Crippen molar-refractivity contribution in [3.05, 3.63) is 0 Å². The standard InChI is InChI=1S/C10H24N2O/c1-8(6-11)10(3)12(4)9(2)7-13-5/h8-10H,6-7,11H2,1-5H3. The van der Waals surface area contributed by atoms with Gasteiger partial charge < -0.3 is 10.5 Å². The van der Waals surface area contributed by atoms with Gasteiger partial charge in [-0.3, -0.25) is 4.90 Å². The van der Waals surface area contributed by atoms with Crippen LogP contribution in [0.25, 0.3) is 0 Å². The molecule has 0 bridgehead atoms. The van der Waals surface area contributed by atoms with Crippen LogP contribution in [0.5, 0.6) is 0 Å². The molecule has 0 saturated carbocycles. The van der Waals surface area contributed by atoms with Crippen molar-refractivity contribution < 1.29 is 4.74 Å². The highest BCUT2D eigenvalue weighted by Crippen LogP contribution is 2.10. The fourth-order valence-corrected chi connectivity index (χ4v) is 1.36. The Hall–Kier alpha value is -0.120. The van der Waals surface area contributed by atoms with Crippen molar-refractivity contribution in [3.8, 4) is 0 Å². The van der Waals surface area contributed by atoms with Gasteiger partial charge in [-0.15, -0.1) is 0 Å². The zero-order valence-corrected chi connectivity index (χ0v) is 9.58. The Morgan fingerprint density at radius 2 is 1.85 bits per heavy atom. The van der Waals surface area contributed by atoms with Crippen LogP contribution in [0.1, 0.15) is 20.8 Å². The van der Waals surface area contributed by atoms with Gasteiger partial charge in [-0.2, -0.15) is 0 Å². The molecule has 0 aliphatic carbocycles. The van der Waals surface area contributed by atoms with Crippen molar-refractivity contribution in [2.75, 3.05) is 27.3 Å². The van der Waals surface area contributed by atoms with Gasteiger partial charge in [-0.05, 0) is 33.4 Å². The van der Waals surface area contributed by atoms with E-state index in [2.05, 4.69) is 32.7 Å². The summed E-state index contributed by atoms with van der Waals surface area (Å²) >= 11 is 0. The van der Waals surface area contributed by atoms with Crippen LogP contribution in [0.3, 0.4) is 0 Å². The Morgan fingerprint density at radius 1 is 1.31 bits per heavy atom. The first-order chi connectivity index (χ1) is 6.04. The summed E-state index contributed by atoms with van der Waals surface area (Å²) in [6, 6.07) is 0.962. The predicted octanol–water partition coefficient (Wildman–Crippen LogP) is 0.936. The first-order valence-corrected chi connectivity index (χ1v) is 4.95. The Morgan fingerprint density at radius 3 is 2.23 bits per heavy atom. The van der Waals surface area contributed by atoms with Crippen molar-refractivity contribution in [2.45, 2.75) is 32.9 Å². The molecule has 0 spiro atoms. The first-order valence-electron chi connectivity index (χ1n) is 4.95. The number of hydrogen-bond donors (Lipinski definition) is 1. The third-order valence-corrected chi connectivity index (χ3v) is 2.94. The second-order valence-electron chi connectivity index (χ2n) is 3.92. The lowest BCUT2D eigenvalue weighted by atomic mass is 10.0. The highest BCUT2D eigenvalue weighted by atomic mass is 16.5. The number of nitrogens with two attached hydrogens (primary N) is 1. The minimum atomic E-state index is 0.453. The molecule has 3 nitrogen and oxygen atoms in total. The van der Waals surface area contributed by atoms with E-state index in [1.165, 1.54) is 0 Å². The maximum Gasteiger partial charge on any atom is 0.0615 e. The van der Waals surface area contributed by atoms with Gasteiger partial charge in [0, 0.05) is 19.2 Å². The van der Waals surface area contributed by atoms with Gasteiger partial charge in [-0.1, -0.05) is 6.92 Å². The molecule has 80 valence electrons. The Balaban J connectivity index is 3.99. The fraction of sp³-hybridized carbons (Fsp3) is 1.00. The predicted molar refractivity (Wildman–Crippen MR) is 56.8 cm³/mol. The normalized spacial score (nSPS) is 18.7. The largest absolute Gasteiger partial charge is 0.383 e. The second kappa shape index (κ2) is 6.35. The number of nitrogens with zero attached hydrogens (tertiary/aromatic N) is 1. The second-order valence-corrected chi connectivity index (χ2v) is 3.92. The van der Waals surface area contributed by atoms with Crippen LogP contribution in [0.4, 0.5) is 0 Å². The zero-order chi connectivity index (χ0) is 10.4. The molecule has 0 rings (SSSR count). The number of likely N-dealkylation sites (N-methyl/N-ethyl adjacent to an activating group) is 1. The number of ether oxygens (including phenoxy) is 1. The van der Waals surface area contributed by atoms with Crippen molar-refractivity contribution >= 4 is 0 Å². The fourth-order valence-electron chi connectivity index (χ4n) is 1.36. The van der Waals surface area contributed by atoms with E-state index < -0.39 is 0 Å². The zero-order valence-electron chi connectivity index (χ0n) is 9.58. The molecule has 0 heterocycles. The van der Waals surface area contributed by atoms with Crippen LogP contribution in [-0.2, 0) is 4.74 Å². The van der Waals surface area contributed by atoms with E-state index in [4.69, 9.17) is 10.5 Å². The highest BCUT2D eigenvalue weighted by Gasteiger charge is 2.19.